The number of carbonyl (C=O) groups excluding carboxylic acids is 3. The highest BCUT2D eigenvalue weighted by Gasteiger charge is 2.37. The zero-order valence-corrected chi connectivity index (χ0v) is 18.2. The second-order valence-corrected chi connectivity index (χ2v) is 7.50. The smallest absolute Gasteiger partial charge is 0.335 e. The first-order chi connectivity index (χ1) is 15.4. The van der Waals surface area contributed by atoms with Crippen LogP contribution in [0.2, 0.25) is 5.02 Å². The Labute approximate surface area is 189 Å². The summed E-state index contributed by atoms with van der Waals surface area (Å²) < 4.78 is 7.51. The van der Waals surface area contributed by atoms with Gasteiger partial charge in [0.2, 0.25) is 0 Å². The molecule has 3 aromatic rings. The second-order valence-electron chi connectivity index (χ2n) is 7.10. The first kappa shape index (κ1) is 21.4. The number of para-hydroxylation sites is 2. The average Bonchev–Trinajstić information content (AvgIpc) is 3.22. The van der Waals surface area contributed by atoms with E-state index in [0.29, 0.717) is 23.1 Å². The summed E-state index contributed by atoms with van der Waals surface area (Å²) in [5, 5.41) is 2.64. The molecular weight excluding hydrogens is 430 g/mol. The van der Waals surface area contributed by atoms with Crippen LogP contribution in [0.1, 0.15) is 18.2 Å². The van der Waals surface area contributed by atoms with Crippen molar-refractivity contribution in [2.24, 2.45) is 0 Å². The van der Waals surface area contributed by atoms with E-state index in [2.05, 4.69) is 5.32 Å². The number of hydrogen-bond acceptors (Lipinski definition) is 4. The van der Waals surface area contributed by atoms with Crippen LogP contribution in [0.4, 0.5) is 10.5 Å². The van der Waals surface area contributed by atoms with Crippen LogP contribution in [0.5, 0.6) is 5.75 Å². The van der Waals surface area contributed by atoms with Crippen molar-refractivity contribution in [3.05, 3.63) is 82.6 Å². The fraction of sp³-hybridized carbons (Fsp3) is 0.125. The predicted molar refractivity (Wildman–Crippen MR) is 122 cm³/mol. The number of aromatic nitrogens is 1. The van der Waals surface area contributed by atoms with Crippen molar-refractivity contribution >= 4 is 41.2 Å². The van der Waals surface area contributed by atoms with Crippen molar-refractivity contribution in [1.82, 2.24) is 9.88 Å². The topological polar surface area (TPSA) is 80.6 Å². The average molecular weight is 450 g/mol. The summed E-state index contributed by atoms with van der Waals surface area (Å²) in [6, 6.07) is 15.0. The number of rotatable bonds is 5. The van der Waals surface area contributed by atoms with Gasteiger partial charge in [0.05, 0.1) is 18.0 Å². The van der Waals surface area contributed by atoms with Gasteiger partial charge < -0.3 is 9.30 Å². The molecule has 7 nitrogen and oxygen atoms in total. The standard InChI is InChI=1S/C24H20ClN3O4/c1-3-32-21-9-5-4-8-20(21)27-12-6-7-16(27)13-18-22(29)26-24(31)28(23(18)30)17-11-10-15(2)19(25)14-17/h4-14H,3H2,1-2H3,(H,26,29,31)/b18-13-. The molecule has 0 radical (unpaired) electrons. The van der Waals surface area contributed by atoms with E-state index in [0.717, 1.165) is 16.2 Å². The lowest BCUT2D eigenvalue weighted by molar-refractivity contribution is -0.122. The van der Waals surface area contributed by atoms with E-state index in [1.54, 1.807) is 30.5 Å². The van der Waals surface area contributed by atoms with Crippen LogP contribution < -0.4 is 15.0 Å². The van der Waals surface area contributed by atoms with Crippen LogP contribution in [0, 0.1) is 6.92 Å². The summed E-state index contributed by atoms with van der Waals surface area (Å²) in [5.41, 5.74) is 2.24. The lowest BCUT2D eigenvalue weighted by Crippen LogP contribution is -2.54. The fourth-order valence-corrected chi connectivity index (χ4v) is 3.60. The summed E-state index contributed by atoms with van der Waals surface area (Å²) in [6.07, 6.45) is 3.26. The molecule has 0 unspecified atom stereocenters. The third kappa shape index (κ3) is 3.90. The Balaban J connectivity index is 1.76. The number of benzene rings is 2. The van der Waals surface area contributed by atoms with Crippen molar-refractivity contribution in [3.63, 3.8) is 0 Å². The predicted octanol–water partition coefficient (Wildman–Crippen LogP) is 4.50. The normalized spacial score (nSPS) is 15.3. The maximum Gasteiger partial charge on any atom is 0.335 e. The number of urea groups is 1. The first-order valence-electron chi connectivity index (χ1n) is 9.98. The molecule has 0 aliphatic carbocycles. The number of halogens is 1. The van der Waals surface area contributed by atoms with Gasteiger partial charge in [0.15, 0.2) is 0 Å². The van der Waals surface area contributed by atoms with E-state index in [-0.39, 0.29) is 11.3 Å². The Kier molecular flexibility index (Phi) is 5.83. The number of carbonyl (C=O) groups is 3. The van der Waals surface area contributed by atoms with Gasteiger partial charge in [-0.05, 0) is 61.9 Å². The lowest BCUT2D eigenvalue weighted by Gasteiger charge is -2.26. The molecule has 0 bridgehead atoms. The van der Waals surface area contributed by atoms with Crippen molar-refractivity contribution in [3.8, 4) is 11.4 Å². The number of nitrogens with zero attached hydrogens (tertiary/aromatic N) is 2. The van der Waals surface area contributed by atoms with Crippen LogP contribution in [0.25, 0.3) is 11.8 Å². The van der Waals surface area contributed by atoms with Crippen LogP contribution in [-0.2, 0) is 9.59 Å². The van der Waals surface area contributed by atoms with E-state index >= 15 is 0 Å². The molecule has 2 aromatic carbocycles. The van der Waals surface area contributed by atoms with E-state index in [1.807, 2.05) is 42.7 Å². The number of imide groups is 2. The SMILES string of the molecule is CCOc1ccccc1-n1cccc1/C=C1/C(=O)NC(=O)N(c2ccc(C)c(Cl)c2)C1=O. The molecule has 0 atom stereocenters. The Bertz CT molecular complexity index is 1260. The van der Waals surface area contributed by atoms with Crippen LogP contribution in [0.15, 0.2) is 66.4 Å². The highest BCUT2D eigenvalue weighted by Crippen LogP contribution is 2.28. The third-order valence-electron chi connectivity index (χ3n) is 5.01. The molecule has 0 spiro atoms. The number of aryl methyl sites for hydroxylation is 1. The van der Waals surface area contributed by atoms with Crippen molar-refractivity contribution in [1.29, 1.82) is 0 Å². The summed E-state index contributed by atoms with van der Waals surface area (Å²) in [4.78, 5) is 39.1. The van der Waals surface area contributed by atoms with Gasteiger partial charge >= 0.3 is 6.03 Å². The molecule has 1 aromatic heterocycles. The van der Waals surface area contributed by atoms with Gasteiger partial charge in [-0.3, -0.25) is 14.9 Å². The molecule has 4 amide bonds. The number of hydrogen-bond donors (Lipinski definition) is 1. The van der Waals surface area contributed by atoms with Gasteiger partial charge in [-0.2, -0.15) is 0 Å². The quantitative estimate of drug-likeness (QED) is 0.459. The zero-order chi connectivity index (χ0) is 22.8. The number of ether oxygens (including phenoxy) is 1. The number of anilines is 1. The Hall–Kier alpha value is -3.84. The Morgan fingerprint density at radius 2 is 1.84 bits per heavy atom. The number of nitrogens with one attached hydrogen (secondary N) is 1. The van der Waals surface area contributed by atoms with E-state index in [9.17, 15) is 14.4 Å². The van der Waals surface area contributed by atoms with Crippen LogP contribution in [-0.4, -0.2) is 29.0 Å². The summed E-state index contributed by atoms with van der Waals surface area (Å²) in [5.74, 6) is -0.832. The maximum atomic E-state index is 13.2. The molecule has 1 aliphatic heterocycles. The zero-order valence-electron chi connectivity index (χ0n) is 17.5. The van der Waals surface area contributed by atoms with Gasteiger partial charge in [0.1, 0.15) is 11.3 Å². The van der Waals surface area contributed by atoms with E-state index in [4.69, 9.17) is 16.3 Å². The van der Waals surface area contributed by atoms with Crippen molar-refractivity contribution in [2.45, 2.75) is 13.8 Å². The highest BCUT2D eigenvalue weighted by atomic mass is 35.5. The van der Waals surface area contributed by atoms with Gasteiger partial charge in [-0.15, -0.1) is 0 Å². The minimum Gasteiger partial charge on any atom is -0.492 e. The van der Waals surface area contributed by atoms with Crippen LogP contribution >= 0.6 is 11.6 Å². The van der Waals surface area contributed by atoms with Crippen LogP contribution in [0.3, 0.4) is 0 Å². The third-order valence-corrected chi connectivity index (χ3v) is 5.42. The maximum absolute atomic E-state index is 13.2. The van der Waals surface area contributed by atoms with Gasteiger partial charge in [0.25, 0.3) is 11.8 Å². The largest absolute Gasteiger partial charge is 0.492 e. The molecule has 1 saturated heterocycles. The Morgan fingerprint density at radius 3 is 2.59 bits per heavy atom. The summed E-state index contributed by atoms with van der Waals surface area (Å²) in [6.45, 7) is 4.20. The number of barbiturate groups is 1. The molecule has 1 N–H and O–H groups in total. The molecule has 2 heterocycles. The highest BCUT2D eigenvalue weighted by molar-refractivity contribution is 6.39. The molecule has 32 heavy (non-hydrogen) atoms. The molecule has 1 fully saturated rings. The Morgan fingerprint density at radius 1 is 1.06 bits per heavy atom. The van der Waals surface area contributed by atoms with E-state index < -0.39 is 17.8 Å². The minimum absolute atomic E-state index is 0.171. The lowest BCUT2D eigenvalue weighted by atomic mass is 10.1. The molecular formula is C24H20ClN3O4. The second kappa shape index (κ2) is 8.72. The summed E-state index contributed by atoms with van der Waals surface area (Å²) in [7, 11) is 0. The molecule has 162 valence electrons. The van der Waals surface area contributed by atoms with Gasteiger partial charge in [0, 0.05) is 16.9 Å². The van der Waals surface area contributed by atoms with Crippen molar-refractivity contribution in [2.75, 3.05) is 11.5 Å². The summed E-state index contributed by atoms with van der Waals surface area (Å²) >= 11 is 6.17. The molecule has 0 saturated carbocycles. The van der Waals surface area contributed by atoms with Gasteiger partial charge in [-0.1, -0.05) is 29.8 Å². The monoisotopic (exact) mass is 449 g/mol. The fourth-order valence-electron chi connectivity index (χ4n) is 3.43. The first-order valence-corrected chi connectivity index (χ1v) is 10.4. The van der Waals surface area contributed by atoms with E-state index in [1.165, 1.54) is 12.1 Å². The van der Waals surface area contributed by atoms with Crippen molar-refractivity contribution < 1.29 is 19.1 Å². The number of amides is 4. The molecule has 8 heteroatoms. The molecule has 4 rings (SSSR count). The minimum atomic E-state index is -0.825. The van der Waals surface area contributed by atoms with Gasteiger partial charge in [-0.25, -0.2) is 9.69 Å². The molecule has 1 aliphatic rings.